The van der Waals surface area contributed by atoms with Crippen LogP contribution in [0.3, 0.4) is 0 Å². The Morgan fingerprint density at radius 3 is 2.43 bits per heavy atom. The molecule has 0 fully saturated rings. The quantitative estimate of drug-likeness (QED) is 0.886. The lowest BCUT2D eigenvalue weighted by Crippen LogP contribution is -2.01. The average Bonchev–Trinajstić information content (AvgIpc) is 2.48. The van der Waals surface area contributed by atoms with Crippen LogP contribution >= 0.6 is 23.2 Å². The van der Waals surface area contributed by atoms with Gasteiger partial charge in [-0.1, -0.05) is 29.3 Å². The van der Waals surface area contributed by atoms with Crippen molar-refractivity contribution in [1.82, 2.24) is 0 Å². The van der Waals surface area contributed by atoms with Gasteiger partial charge in [-0.15, -0.1) is 0 Å². The summed E-state index contributed by atoms with van der Waals surface area (Å²) in [6, 6.07) is 9.00. The molecule has 112 valence electrons. The molecule has 21 heavy (non-hydrogen) atoms. The van der Waals surface area contributed by atoms with Crippen molar-refractivity contribution < 1.29 is 14.6 Å². The van der Waals surface area contributed by atoms with Gasteiger partial charge >= 0.3 is 0 Å². The minimum Gasteiger partial charge on any atom is -0.493 e. The number of benzene rings is 2. The van der Waals surface area contributed by atoms with Crippen molar-refractivity contribution in [3.63, 3.8) is 0 Å². The maximum absolute atomic E-state index is 9.21. The zero-order chi connectivity index (χ0) is 15.4. The molecule has 0 bridgehead atoms. The lowest BCUT2D eigenvalue weighted by molar-refractivity contribution is 0.273. The number of hydrogen-bond donors (Lipinski definition) is 1. The molecule has 2 aromatic carbocycles. The van der Waals surface area contributed by atoms with Gasteiger partial charge in [0.05, 0.1) is 23.8 Å². The van der Waals surface area contributed by atoms with E-state index in [4.69, 9.17) is 32.7 Å². The number of rotatable bonds is 5. The predicted molar refractivity (Wildman–Crippen MR) is 84.4 cm³/mol. The summed E-state index contributed by atoms with van der Waals surface area (Å²) >= 11 is 11.9. The Bertz CT molecular complexity index is 642. The molecule has 0 radical (unpaired) electrons. The first-order valence-electron chi connectivity index (χ1n) is 6.40. The summed E-state index contributed by atoms with van der Waals surface area (Å²) in [5, 5.41) is 10.2. The van der Waals surface area contributed by atoms with Crippen molar-refractivity contribution in [2.45, 2.75) is 20.1 Å². The normalized spacial score (nSPS) is 10.5. The van der Waals surface area contributed by atoms with E-state index < -0.39 is 0 Å². The van der Waals surface area contributed by atoms with Crippen LogP contribution in [0.1, 0.15) is 16.7 Å². The van der Waals surface area contributed by atoms with Crippen LogP contribution in [-0.2, 0) is 13.2 Å². The zero-order valence-corrected chi connectivity index (χ0v) is 13.3. The molecule has 0 unspecified atom stereocenters. The molecule has 0 amide bonds. The molecule has 3 nitrogen and oxygen atoms in total. The van der Waals surface area contributed by atoms with E-state index in [1.54, 1.807) is 25.3 Å². The third-order valence-electron chi connectivity index (χ3n) is 3.07. The highest BCUT2D eigenvalue weighted by Gasteiger charge is 2.11. The lowest BCUT2D eigenvalue weighted by atomic mass is 10.1. The molecule has 2 aromatic rings. The maximum Gasteiger partial charge on any atom is 0.164 e. The van der Waals surface area contributed by atoms with Crippen molar-refractivity contribution in [2.75, 3.05) is 7.11 Å². The van der Waals surface area contributed by atoms with Crippen molar-refractivity contribution in [2.24, 2.45) is 0 Å². The first kappa shape index (κ1) is 16.0. The smallest absolute Gasteiger partial charge is 0.164 e. The van der Waals surface area contributed by atoms with Gasteiger partial charge in [0.2, 0.25) is 0 Å². The van der Waals surface area contributed by atoms with Gasteiger partial charge in [0, 0.05) is 0 Å². The van der Waals surface area contributed by atoms with Crippen LogP contribution in [0.2, 0.25) is 10.0 Å². The summed E-state index contributed by atoms with van der Waals surface area (Å²) in [5.74, 6) is 1.25. The van der Waals surface area contributed by atoms with Crippen LogP contribution < -0.4 is 9.47 Å². The van der Waals surface area contributed by atoms with Gasteiger partial charge in [0.1, 0.15) is 6.61 Å². The molecular weight excluding hydrogens is 311 g/mol. The molecule has 0 aliphatic heterocycles. The number of halogens is 2. The predicted octanol–water partition coefficient (Wildman–Crippen LogP) is 4.38. The van der Waals surface area contributed by atoms with Crippen LogP contribution in [0, 0.1) is 6.92 Å². The van der Waals surface area contributed by atoms with Gasteiger partial charge in [-0.25, -0.2) is 0 Å². The Morgan fingerprint density at radius 1 is 1.05 bits per heavy atom. The summed E-state index contributed by atoms with van der Waals surface area (Å²) < 4.78 is 11.1. The van der Waals surface area contributed by atoms with E-state index in [1.807, 2.05) is 19.1 Å². The number of aliphatic hydroxyl groups is 1. The Morgan fingerprint density at radius 2 is 1.81 bits per heavy atom. The zero-order valence-electron chi connectivity index (χ0n) is 11.8. The van der Waals surface area contributed by atoms with Crippen molar-refractivity contribution in [3.05, 3.63) is 57.1 Å². The molecule has 0 atom stereocenters. The Hall–Kier alpha value is -1.42. The summed E-state index contributed by atoms with van der Waals surface area (Å²) in [5.41, 5.74) is 2.60. The minimum atomic E-state index is -0.0374. The van der Waals surface area contributed by atoms with E-state index in [-0.39, 0.29) is 6.61 Å². The Labute approximate surface area is 134 Å². The largest absolute Gasteiger partial charge is 0.493 e. The number of ether oxygens (including phenoxy) is 2. The molecule has 0 aromatic heterocycles. The fraction of sp³-hybridized carbons (Fsp3) is 0.250. The second-order valence-corrected chi connectivity index (χ2v) is 5.45. The third-order valence-corrected chi connectivity index (χ3v) is 3.81. The van der Waals surface area contributed by atoms with Crippen molar-refractivity contribution in [1.29, 1.82) is 0 Å². The fourth-order valence-electron chi connectivity index (χ4n) is 2.03. The van der Waals surface area contributed by atoms with Gasteiger partial charge < -0.3 is 14.6 Å². The molecule has 0 saturated heterocycles. The average molecular weight is 327 g/mol. The first-order valence-corrected chi connectivity index (χ1v) is 7.16. The molecule has 0 aliphatic rings. The summed E-state index contributed by atoms with van der Waals surface area (Å²) in [6.07, 6.45) is 0. The molecular formula is C16H16Cl2O3. The highest BCUT2D eigenvalue weighted by atomic mass is 35.5. The second kappa shape index (κ2) is 7.03. The molecule has 2 rings (SSSR count). The third kappa shape index (κ3) is 3.82. The summed E-state index contributed by atoms with van der Waals surface area (Å²) in [7, 11) is 1.57. The molecule has 0 aliphatic carbocycles. The Balaban J connectivity index is 2.21. The number of aliphatic hydroxyl groups excluding tert-OH is 1. The maximum atomic E-state index is 9.21. The number of hydrogen-bond acceptors (Lipinski definition) is 3. The van der Waals surface area contributed by atoms with Crippen molar-refractivity contribution >= 4 is 23.2 Å². The van der Waals surface area contributed by atoms with E-state index >= 15 is 0 Å². The summed E-state index contributed by atoms with van der Waals surface area (Å²) in [6.45, 7) is 2.22. The number of methoxy groups -OCH3 is 1. The van der Waals surface area contributed by atoms with E-state index in [2.05, 4.69) is 0 Å². The van der Waals surface area contributed by atoms with Crippen LogP contribution in [0.15, 0.2) is 30.3 Å². The van der Waals surface area contributed by atoms with Crippen LogP contribution in [0.4, 0.5) is 0 Å². The van der Waals surface area contributed by atoms with Crippen LogP contribution in [-0.4, -0.2) is 12.2 Å². The van der Waals surface area contributed by atoms with Gasteiger partial charge in [0.25, 0.3) is 0 Å². The minimum absolute atomic E-state index is 0.0374. The van der Waals surface area contributed by atoms with E-state index in [1.165, 1.54) is 0 Å². The molecule has 1 N–H and O–H groups in total. The monoisotopic (exact) mass is 326 g/mol. The Kier molecular flexibility index (Phi) is 5.34. The van der Waals surface area contributed by atoms with Crippen LogP contribution in [0.5, 0.6) is 11.5 Å². The van der Waals surface area contributed by atoms with E-state index in [0.29, 0.717) is 28.2 Å². The summed E-state index contributed by atoms with van der Waals surface area (Å²) in [4.78, 5) is 0. The highest BCUT2D eigenvalue weighted by molar-refractivity contribution is 6.42. The van der Waals surface area contributed by atoms with Crippen LogP contribution in [0.25, 0.3) is 0 Å². The SMILES string of the molecule is COc1cc(CO)cc(C)c1OCc1ccc(Cl)c(Cl)c1. The molecule has 0 spiro atoms. The van der Waals surface area contributed by atoms with Gasteiger partial charge in [-0.05, 0) is 47.9 Å². The second-order valence-electron chi connectivity index (χ2n) is 4.64. The van der Waals surface area contributed by atoms with Gasteiger partial charge in [0.15, 0.2) is 11.5 Å². The standard InChI is InChI=1S/C16H16Cl2O3/c1-10-5-12(8-19)7-15(20-2)16(10)21-9-11-3-4-13(17)14(18)6-11/h3-7,19H,8-9H2,1-2H3. The molecule has 0 heterocycles. The number of aryl methyl sites for hydroxylation is 1. The lowest BCUT2D eigenvalue weighted by Gasteiger charge is -2.15. The van der Waals surface area contributed by atoms with Gasteiger partial charge in [-0.3, -0.25) is 0 Å². The topological polar surface area (TPSA) is 38.7 Å². The first-order chi connectivity index (χ1) is 10.0. The molecule has 5 heteroatoms. The van der Waals surface area contributed by atoms with Gasteiger partial charge in [-0.2, -0.15) is 0 Å². The molecule has 0 saturated carbocycles. The van der Waals surface area contributed by atoms with Crippen molar-refractivity contribution in [3.8, 4) is 11.5 Å². The van der Waals surface area contributed by atoms with E-state index in [0.717, 1.165) is 16.7 Å². The highest BCUT2D eigenvalue weighted by Crippen LogP contribution is 2.33. The van der Waals surface area contributed by atoms with E-state index in [9.17, 15) is 5.11 Å². The fourth-order valence-corrected chi connectivity index (χ4v) is 2.35.